The highest BCUT2D eigenvalue weighted by Gasteiger charge is 2.18. The lowest BCUT2D eigenvalue weighted by Gasteiger charge is -2.02. The number of aliphatic imine (C=N–C) groups is 1. The molecule has 0 aliphatic heterocycles. The van der Waals surface area contributed by atoms with Crippen LogP contribution in [0.25, 0.3) is 0 Å². The highest BCUT2D eigenvalue weighted by molar-refractivity contribution is 5.90. The summed E-state index contributed by atoms with van der Waals surface area (Å²) in [6.07, 6.45) is 1.22. The van der Waals surface area contributed by atoms with E-state index in [4.69, 9.17) is 5.11 Å². The van der Waals surface area contributed by atoms with E-state index >= 15 is 0 Å². The number of carboxylic acid groups (broad SMARTS) is 1. The number of nitrogens with zero attached hydrogens (tertiary/aromatic N) is 2. The number of carbonyl (C=O) groups excluding carboxylic acids is 1. The number of isocyanates is 1. The molecule has 0 radical (unpaired) electrons. The van der Waals surface area contributed by atoms with Gasteiger partial charge in [-0.15, -0.1) is 0 Å². The number of aromatic carboxylic acids is 1. The molecule has 82 valence electrons. The number of benzene rings is 1. The number of nitro groups is 1. The van der Waals surface area contributed by atoms with Crippen molar-refractivity contribution in [3.05, 3.63) is 33.4 Å². The van der Waals surface area contributed by atoms with Crippen LogP contribution in [0.15, 0.2) is 17.1 Å². The first-order valence-electron chi connectivity index (χ1n) is 4.07. The maximum Gasteiger partial charge on any atom is 0.336 e. The van der Waals surface area contributed by atoms with E-state index in [9.17, 15) is 19.7 Å². The summed E-state index contributed by atoms with van der Waals surface area (Å²) in [5.41, 5.74) is -0.639. The number of carbonyl (C=O) groups is 1. The average Bonchev–Trinajstić information content (AvgIpc) is 2.20. The third-order valence-electron chi connectivity index (χ3n) is 1.96. The van der Waals surface area contributed by atoms with E-state index in [0.29, 0.717) is 0 Å². The van der Waals surface area contributed by atoms with Crippen LogP contribution >= 0.6 is 0 Å². The Morgan fingerprint density at radius 2 is 2.19 bits per heavy atom. The SMILES string of the molecule is Cc1c(N=C=O)cc(C(=O)O)cc1[N+](=O)[O-]. The van der Waals surface area contributed by atoms with Crippen LogP contribution in [0.2, 0.25) is 0 Å². The van der Waals surface area contributed by atoms with Crippen molar-refractivity contribution in [2.24, 2.45) is 4.99 Å². The Bertz CT molecular complexity index is 494. The van der Waals surface area contributed by atoms with Gasteiger partial charge in [0.2, 0.25) is 6.08 Å². The molecule has 7 heteroatoms. The minimum Gasteiger partial charge on any atom is -0.478 e. The molecule has 0 spiro atoms. The molecule has 1 N–H and O–H groups in total. The van der Waals surface area contributed by atoms with Crippen molar-refractivity contribution in [2.45, 2.75) is 6.92 Å². The highest BCUT2D eigenvalue weighted by Crippen LogP contribution is 2.29. The molecule has 1 rings (SSSR count). The van der Waals surface area contributed by atoms with Crippen molar-refractivity contribution in [3.63, 3.8) is 0 Å². The Labute approximate surface area is 89.2 Å². The third-order valence-corrected chi connectivity index (χ3v) is 1.96. The van der Waals surface area contributed by atoms with Gasteiger partial charge in [0.15, 0.2) is 0 Å². The molecule has 0 saturated heterocycles. The molecular weight excluding hydrogens is 216 g/mol. The molecule has 0 bridgehead atoms. The van der Waals surface area contributed by atoms with Crippen LogP contribution in [0.4, 0.5) is 11.4 Å². The minimum absolute atomic E-state index is 0.0680. The molecule has 0 atom stereocenters. The number of hydrogen-bond donors (Lipinski definition) is 1. The second-order valence-electron chi connectivity index (χ2n) is 2.90. The molecule has 1 aromatic rings. The smallest absolute Gasteiger partial charge is 0.336 e. The fourth-order valence-electron chi connectivity index (χ4n) is 1.16. The Morgan fingerprint density at radius 3 is 2.62 bits per heavy atom. The Kier molecular flexibility index (Phi) is 3.12. The van der Waals surface area contributed by atoms with E-state index in [1.165, 1.54) is 13.0 Å². The van der Waals surface area contributed by atoms with Crippen molar-refractivity contribution in [2.75, 3.05) is 0 Å². The van der Waals surface area contributed by atoms with Gasteiger partial charge in [-0.1, -0.05) is 0 Å². The second-order valence-corrected chi connectivity index (χ2v) is 2.90. The van der Waals surface area contributed by atoms with Crippen LogP contribution in [0, 0.1) is 17.0 Å². The van der Waals surface area contributed by atoms with Gasteiger partial charge in [0, 0.05) is 6.07 Å². The number of rotatable bonds is 3. The maximum atomic E-state index is 10.7. The molecule has 0 saturated carbocycles. The predicted molar refractivity (Wildman–Crippen MR) is 52.6 cm³/mol. The first-order valence-corrected chi connectivity index (χ1v) is 4.07. The van der Waals surface area contributed by atoms with E-state index in [0.717, 1.165) is 12.1 Å². The van der Waals surface area contributed by atoms with Gasteiger partial charge in [0.1, 0.15) is 0 Å². The zero-order chi connectivity index (χ0) is 12.3. The summed E-state index contributed by atoms with van der Waals surface area (Å²) >= 11 is 0. The van der Waals surface area contributed by atoms with E-state index in [1.807, 2.05) is 0 Å². The molecule has 0 heterocycles. The van der Waals surface area contributed by atoms with Crippen LogP contribution in [-0.2, 0) is 4.79 Å². The lowest BCUT2D eigenvalue weighted by molar-refractivity contribution is -0.385. The minimum atomic E-state index is -1.33. The summed E-state index contributed by atoms with van der Waals surface area (Å²) < 4.78 is 0. The molecule has 0 amide bonds. The van der Waals surface area contributed by atoms with Gasteiger partial charge in [-0.3, -0.25) is 10.1 Å². The molecule has 16 heavy (non-hydrogen) atoms. The lowest BCUT2D eigenvalue weighted by atomic mass is 10.1. The monoisotopic (exact) mass is 222 g/mol. The van der Waals surface area contributed by atoms with Crippen molar-refractivity contribution in [1.29, 1.82) is 0 Å². The van der Waals surface area contributed by atoms with Crippen LogP contribution in [0.5, 0.6) is 0 Å². The van der Waals surface area contributed by atoms with E-state index in [1.54, 1.807) is 0 Å². The summed E-state index contributed by atoms with van der Waals surface area (Å²) in [6.45, 7) is 1.37. The van der Waals surface area contributed by atoms with Crippen molar-refractivity contribution >= 4 is 23.4 Å². The molecular formula is C9H6N2O5. The summed E-state index contributed by atoms with van der Waals surface area (Å²) in [6, 6.07) is 2.00. The standard InChI is InChI=1S/C9H6N2O5/c1-5-7(10-4-12)2-6(9(13)14)3-8(5)11(15)16/h2-3H,1H3,(H,13,14). The van der Waals surface area contributed by atoms with E-state index < -0.39 is 16.6 Å². The molecule has 0 aromatic heterocycles. The molecule has 0 aliphatic rings. The number of carboxylic acids is 1. The van der Waals surface area contributed by atoms with Gasteiger partial charge in [-0.25, -0.2) is 9.59 Å². The van der Waals surface area contributed by atoms with E-state index in [-0.39, 0.29) is 16.8 Å². The summed E-state index contributed by atoms with van der Waals surface area (Å²) in [5.74, 6) is -1.33. The van der Waals surface area contributed by atoms with Gasteiger partial charge in [-0.05, 0) is 13.0 Å². The van der Waals surface area contributed by atoms with Crippen molar-refractivity contribution in [3.8, 4) is 0 Å². The average molecular weight is 222 g/mol. The number of nitro benzene ring substituents is 1. The molecule has 0 unspecified atom stereocenters. The van der Waals surface area contributed by atoms with Gasteiger partial charge >= 0.3 is 5.97 Å². The first kappa shape index (κ1) is 11.5. The van der Waals surface area contributed by atoms with Crippen molar-refractivity contribution < 1.29 is 19.6 Å². The molecule has 1 aromatic carbocycles. The van der Waals surface area contributed by atoms with Gasteiger partial charge in [0.25, 0.3) is 5.69 Å². The summed E-state index contributed by atoms with van der Waals surface area (Å²) in [7, 11) is 0. The van der Waals surface area contributed by atoms with Crippen LogP contribution in [0.3, 0.4) is 0 Å². The Morgan fingerprint density at radius 1 is 1.56 bits per heavy atom. The van der Waals surface area contributed by atoms with Gasteiger partial charge < -0.3 is 5.11 Å². The molecule has 0 aliphatic carbocycles. The summed E-state index contributed by atoms with van der Waals surface area (Å²) in [5, 5.41) is 19.3. The maximum absolute atomic E-state index is 10.7. The number of hydrogen-bond acceptors (Lipinski definition) is 5. The topological polar surface area (TPSA) is 110 Å². The Balaban J connectivity index is 3.56. The fraction of sp³-hybridized carbons (Fsp3) is 0.111. The van der Waals surface area contributed by atoms with Crippen LogP contribution in [-0.4, -0.2) is 22.1 Å². The van der Waals surface area contributed by atoms with E-state index in [2.05, 4.69) is 4.99 Å². The zero-order valence-electron chi connectivity index (χ0n) is 8.13. The summed E-state index contributed by atoms with van der Waals surface area (Å²) in [4.78, 5) is 33.9. The van der Waals surface area contributed by atoms with Crippen molar-refractivity contribution in [1.82, 2.24) is 0 Å². The molecule has 0 fully saturated rings. The van der Waals surface area contributed by atoms with Crippen LogP contribution in [0.1, 0.15) is 15.9 Å². The highest BCUT2D eigenvalue weighted by atomic mass is 16.6. The quantitative estimate of drug-likeness (QED) is 0.361. The van der Waals surface area contributed by atoms with Crippen LogP contribution < -0.4 is 0 Å². The first-order chi connectivity index (χ1) is 7.47. The zero-order valence-corrected chi connectivity index (χ0v) is 8.13. The second kappa shape index (κ2) is 4.33. The largest absolute Gasteiger partial charge is 0.478 e. The Hall–Kier alpha value is -2.53. The lowest BCUT2D eigenvalue weighted by Crippen LogP contribution is -2.00. The normalized spacial score (nSPS) is 9.31. The predicted octanol–water partition coefficient (Wildman–Crippen LogP) is 1.57. The van der Waals surface area contributed by atoms with Gasteiger partial charge in [-0.2, -0.15) is 4.99 Å². The third kappa shape index (κ3) is 2.10. The molecule has 7 nitrogen and oxygen atoms in total. The fourth-order valence-corrected chi connectivity index (χ4v) is 1.16. The van der Waals surface area contributed by atoms with Gasteiger partial charge in [0.05, 0.1) is 21.7 Å².